The number of hydrogen-bond acceptors (Lipinski definition) is 3. The van der Waals surface area contributed by atoms with Gasteiger partial charge >= 0.3 is 6.09 Å². The quantitative estimate of drug-likeness (QED) is 0.646. The molecule has 120 valence electrons. The lowest BCUT2D eigenvalue weighted by molar-refractivity contribution is -0.118. The molecule has 0 heterocycles. The van der Waals surface area contributed by atoms with Crippen LogP contribution in [0.1, 0.15) is 38.2 Å². The number of hydrogen-bond donors (Lipinski definition) is 4. The molecular formula is C16H23N3O3. The monoisotopic (exact) mass is 305 g/mol. The number of anilines is 1. The predicted octanol–water partition coefficient (Wildman–Crippen LogP) is 2.12. The average Bonchev–Trinajstić information content (AvgIpc) is 3.15. The third-order valence-corrected chi connectivity index (χ3v) is 3.77. The van der Waals surface area contributed by atoms with Crippen molar-refractivity contribution < 1.29 is 14.7 Å². The number of rotatable bonds is 6. The van der Waals surface area contributed by atoms with Crippen LogP contribution in [0.5, 0.6) is 0 Å². The van der Waals surface area contributed by atoms with Gasteiger partial charge in [0.05, 0.1) is 0 Å². The van der Waals surface area contributed by atoms with E-state index >= 15 is 0 Å². The van der Waals surface area contributed by atoms with Crippen molar-refractivity contribution in [3.63, 3.8) is 0 Å². The highest BCUT2D eigenvalue weighted by Crippen LogP contribution is 2.39. The number of amides is 2. The third-order valence-electron chi connectivity index (χ3n) is 3.77. The van der Waals surface area contributed by atoms with Gasteiger partial charge in [0.2, 0.25) is 5.91 Å². The lowest BCUT2D eigenvalue weighted by Gasteiger charge is -2.18. The van der Waals surface area contributed by atoms with Crippen LogP contribution in [0.2, 0.25) is 0 Å². The van der Waals surface area contributed by atoms with Gasteiger partial charge in [0.15, 0.2) is 0 Å². The fourth-order valence-electron chi connectivity index (χ4n) is 2.49. The molecule has 3 atom stereocenters. The summed E-state index contributed by atoms with van der Waals surface area (Å²) in [5.41, 5.74) is 7.65. The molecule has 0 saturated heterocycles. The zero-order valence-corrected chi connectivity index (χ0v) is 12.9. The second-order valence-corrected chi connectivity index (χ2v) is 6.25. The largest absolute Gasteiger partial charge is 0.465 e. The van der Waals surface area contributed by atoms with E-state index in [4.69, 9.17) is 10.8 Å². The van der Waals surface area contributed by atoms with E-state index in [1.165, 1.54) is 5.56 Å². The highest BCUT2D eigenvalue weighted by Gasteiger charge is 2.34. The van der Waals surface area contributed by atoms with Crippen LogP contribution in [-0.2, 0) is 4.79 Å². The Hall–Kier alpha value is -2.08. The van der Waals surface area contributed by atoms with Crippen molar-refractivity contribution in [3.8, 4) is 0 Å². The summed E-state index contributed by atoms with van der Waals surface area (Å²) < 4.78 is 0. The van der Waals surface area contributed by atoms with Gasteiger partial charge in [-0.1, -0.05) is 26.0 Å². The van der Waals surface area contributed by atoms with E-state index in [1.807, 2.05) is 38.1 Å². The smallest absolute Gasteiger partial charge is 0.405 e. The molecule has 3 unspecified atom stereocenters. The summed E-state index contributed by atoms with van der Waals surface area (Å²) in [5, 5.41) is 13.9. The number of carbonyl (C=O) groups excluding carboxylic acids is 1. The summed E-state index contributed by atoms with van der Waals surface area (Å²) in [6.45, 7) is 3.88. The topological polar surface area (TPSA) is 104 Å². The van der Waals surface area contributed by atoms with E-state index in [-0.39, 0.29) is 17.9 Å². The molecule has 0 aromatic heterocycles. The minimum atomic E-state index is -1.20. The van der Waals surface area contributed by atoms with Crippen LogP contribution in [0.4, 0.5) is 10.5 Å². The zero-order chi connectivity index (χ0) is 16.3. The van der Waals surface area contributed by atoms with E-state index in [9.17, 15) is 9.59 Å². The van der Waals surface area contributed by atoms with Crippen molar-refractivity contribution in [2.24, 2.45) is 11.7 Å². The first kappa shape index (κ1) is 16.3. The van der Waals surface area contributed by atoms with Crippen LogP contribution in [0.25, 0.3) is 0 Å². The van der Waals surface area contributed by atoms with Crippen molar-refractivity contribution in [3.05, 3.63) is 29.8 Å². The highest BCUT2D eigenvalue weighted by atomic mass is 16.4. The van der Waals surface area contributed by atoms with Gasteiger partial charge in [-0.3, -0.25) is 4.79 Å². The Morgan fingerprint density at radius 2 is 1.91 bits per heavy atom. The van der Waals surface area contributed by atoms with E-state index in [1.54, 1.807) is 0 Å². The molecule has 0 aliphatic heterocycles. The molecule has 5 N–H and O–H groups in total. The van der Waals surface area contributed by atoms with Gasteiger partial charge in [0, 0.05) is 17.6 Å². The van der Waals surface area contributed by atoms with Gasteiger partial charge in [-0.25, -0.2) is 4.79 Å². The number of benzene rings is 1. The predicted molar refractivity (Wildman–Crippen MR) is 84.8 cm³/mol. The van der Waals surface area contributed by atoms with Crippen LogP contribution < -0.4 is 16.4 Å². The molecule has 6 heteroatoms. The zero-order valence-electron chi connectivity index (χ0n) is 12.9. The molecular weight excluding hydrogens is 282 g/mol. The van der Waals surface area contributed by atoms with E-state index in [2.05, 4.69) is 10.6 Å². The molecule has 1 saturated carbocycles. The Morgan fingerprint density at radius 3 is 2.36 bits per heavy atom. The summed E-state index contributed by atoms with van der Waals surface area (Å²) in [4.78, 5) is 23.0. The van der Waals surface area contributed by atoms with Gasteiger partial charge < -0.3 is 21.5 Å². The lowest BCUT2D eigenvalue weighted by atomic mass is 10.0. The Kier molecular flexibility index (Phi) is 5.03. The van der Waals surface area contributed by atoms with Crippen LogP contribution in [0, 0.1) is 5.92 Å². The van der Waals surface area contributed by atoms with Crippen molar-refractivity contribution in [1.82, 2.24) is 5.32 Å². The molecule has 1 aromatic carbocycles. The highest BCUT2D eigenvalue weighted by molar-refractivity contribution is 5.96. The number of carboxylic acid groups (broad SMARTS) is 1. The van der Waals surface area contributed by atoms with E-state index in [0.717, 1.165) is 6.42 Å². The summed E-state index contributed by atoms with van der Waals surface area (Å²) in [5.74, 6) is 0.292. The first-order valence-electron chi connectivity index (χ1n) is 7.52. The molecule has 1 fully saturated rings. The number of carbonyl (C=O) groups is 2. The second kappa shape index (κ2) is 6.79. The first-order valence-corrected chi connectivity index (χ1v) is 7.52. The molecule has 0 radical (unpaired) electrons. The Morgan fingerprint density at radius 1 is 1.32 bits per heavy atom. The molecule has 0 bridgehead atoms. The Bertz CT molecular complexity index is 542. The third kappa shape index (κ3) is 4.46. The van der Waals surface area contributed by atoms with Crippen LogP contribution >= 0.6 is 0 Å². The van der Waals surface area contributed by atoms with Crippen molar-refractivity contribution >= 4 is 17.7 Å². The average molecular weight is 305 g/mol. The summed E-state index contributed by atoms with van der Waals surface area (Å²) >= 11 is 0. The maximum Gasteiger partial charge on any atom is 0.405 e. The van der Waals surface area contributed by atoms with Crippen LogP contribution in [-0.4, -0.2) is 29.2 Å². The summed E-state index contributed by atoms with van der Waals surface area (Å²) in [7, 11) is 0. The minimum Gasteiger partial charge on any atom is -0.465 e. The maximum absolute atomic E-state index is 12.2. The molecule has 2 amide bonds. The van der Waals surface area contributed by atoms with Gasteiger partial charge in [0.25, 0.3) is 0 Å². The first-order chi connectivity index (χ1) is 10.4. The van der Waals surface area contributed by atoms with Gasteiger partial charge in [-0.15, -0.1) is 0 Å². The molecule has 1 aliphatic rings. The van der Waals surface area contributed by atoms with Crippen molar-refractivity contribution in [2.75, 3.05) is 5.32 Å². The fraction of sp³-hybridized carbons (Fsp3) is 0.500. The Balaban J connectivity index is 1.97. The maximum atomic E-state index is 12.2. The second-order valence-electron chi connectivity index (χ2n) is 6.25. The number of nitrogens with one attached hydrogen (secondary N) is 2. The SMILES string of the molecule is CC(C)CC(NC(=O)O)C(=O)Nc1ccc(C2CC2N)cc1. The molecule has 1 aromatic rings. The lowest BCUT2D eigenvalue weighted by Crippen LogP contribution is -2.44. The van der Waals surface area contributed by atoms with Crippen LogP contribution in [0.15, 0.2) is 24.3 Å². The molecule has 6 nitrogen and oxygen atoms in total. The van der Waals surface area contributed by atoms with Crippen molar-refractivity contribution in [2.45, 2.75) is 44.7 Å². The molecule has 22 heavy (non-hydrogen) atoms. The minimum absolute atomic E-state index is 0.210. The van der Waals surface area contributed by atoms with Gasteiger partial charge in [0.1, 0.15) is 6.04 Å². The molecule has 1 aliphatic carbocycles. The Labute approximate surface area is 130 Å². The molecule has 2 rings (SSSR count). The normalized spacial score (nSPS) is 21.3. The van der Waals surface area contributed by atoms with Gasteiger partial charge in [-0.05, 0) is 36.5 Å². The number of nitrogens with two attached hydrogens (primary N) is 1. The summed E-state index contributed by atoms with van der Waals surface area (Å²) in [6.07, 6.45) is 0.261. The van der Waals surface area contributed by atoms with Crippen LogP contribution in [0.3, 0.4) is 0 Å². The summed E-state index contributed by atoms with van der Waals surface area (Å²) in [6, 6.07) is 7.05. The van der Waals surface area contributed by atoms with E-state index < -0.39 is 12.1 Å². The van der Waals surface area contributed by atoms with Crippen molar-refractivity contribution in [1.29, 1.82) is 0 Å². The fourth-order valence-corrected chi connectivity index (χ4v) is 2.49. The van der Waals surface area contributed by atoms with E-state index in [0.29, 0.717) is 18.0 Å². The molecule has 0 spiro atoms. The standard InChI is InChI=1S/C16H23N3O3/c1-9(2)7-14(19-16(21)22)15(20)18-11-5-3-10(4-6-11)12-8-13(12)17/h3-6,9,12-14,19H,7-8,17H2,1-2H3,(H,18,20)(H,21,22). The van der Waals surface area contributed by atoms with Gasteiger partial charge in [-0.2, -0.15) is 0 Å².